The summed E-state index contributed by atoms with van der Waals surface area (Å²) in [4.78, 5) is 0. The molecule has 0 saturated heterocycles. The van der Waals surface area contributed by atoms with Crippen LogP contribution in [0, 0.1) is 5.92 Å². The summed E-state index contributed by atoms with van der Waals surface area (Å²) < 4.78 is 0. The minimum atomic E-state index is 1.35. The van der Waals surface area contributed by atoms with Crippen LogP contribution in [0.2, 0.25) is 0 Å². The average Bonchev–Trinajstić information content (AvgIpc) is 2.23. The molecule has 0 aromatic heterocycles. The number of unbranched alkanes of at least 4 members (excludes halogenated alkanes) is 7. The summed E-state index contributed by atoms with van der Waals surface area (Å²) in [6.07, 6.45) is 15.5. The van der Waals surface area contributed by atoms with Gasteiger partial charge in [0.25, 0.3) is 0 Å². The highest BCUT2D eigenvalue weighted by Gasteiger charge is 2.01. The van der Waals surface area contributed by atoms with Crippen molar-refractivity contribution in [1.82, 2.24) is 0 Å². The van der Waals surface area contributed by atoms with E-state index in [1.807, 2.05) is 0 Å². The summed E-state index contributed by atoms with van der Waals surface area (Å²) in [6, 6.07) is 0. The van der Waals surface area contributed by atoms with Gasteiger partial charge in [-0.3, -0.25) is 0 Å². The molecular formula is C15H31. The largest absolute Gasteiger partial charge is 0.0654 e. The first-order chi connectivity index (χ1) is 7.31. The lowest BCUT2D eigenvalue weighted by molar-refractivity contribution is 0.569. The maximum absolute atomic E-state index is 2.35. The number of rotatable bonds is 11. The third-order valence-electron chi connectivity index (χ3n) is 3.16. The van der Waals surface area contributed by atoms with Gasteiger partial charge in [0, 0.05) is 0 Å². The van der Waals surface area contributed by atoms with Gasteiger partial charge in [0.15, 0.2) is 0 Å². The van der Waals surface area contributed by atoms with Gasteiger partial charge < -0.3 is 0 Å². The smallest absolute Gasteiger partial charge is 0.0272 e. The van der Waals surface area contributed by atoms with Crippen molar-refractivity contribution in [2.45, 2.75) is 91.4 Å². The summed E-state index contributed by atoms with van der Waals surface area (Å²) in [5, 5.41) is 0. The molecular weight excluding hydrogens is 180 g/mol. The third-order valence-corrected chi connectivity index (χ3v) is 3.16. The molecule has 0 N–H and O–H groups in total. The lowest BCUT2D eigenvalue weighted by Gasteiger charge is -2.09. The first kappa shape index (κ1) is 15.0. The molecule has 0 aliphatic heterocycles. The van der Waals surface area contributed by atoms with Crippen molar-refractivity contribution >= 4 is 0 Å². The lowest BCUT2D eigenvalue weighted by atomic mass is 9.96. The van der Waals surface area contributed by atoms with Crippen molar-refractivity contribution in [1.29, 1.82) is 0 Å². The Morgan fingerprint density at radius 1 is 0.600 bits per heavy atom. The summed E-state index contributed by atoms with van der Waals surface area (Å²) >= 11 is 0. The van der Waals surface area contributed by atoms with Crippen LogP contribution in [0.3, 0.4) is 0 Å². The van der Waals surface area contributed by atoms with Gasteiger partial charge in [-0.2, -0.15) is 0 Å². The molecule has 15 heavy (non-hydrogen) atoms. The van der Waals surface area contributed by atoms with E-state index in [2.05, 4.69) is 20.8 Å². The van der Waals surface area contributed by atoms with E-state index in [1.54, 1.807) is 5.92 Å². The minimum Gasteiger partial charge on any atom is -0.0654 e. The maximum Gasteiger partial charge on any atom is -0.0272 e. The van der Waals surface area contributed by atoms with E-state index in [-0.39, 0.29) is 0 Å². The van der Waals surface area contributed by atoms with Crippen molar-refractivity contribution in [3.63, 3.8) is 0 Å². The molecule has 1 radical (unpaired) electrons. The SMILES string of the molecule is CCCCCCCC[C](C)CCCCC. The van der Waals surface area contributed by atoms with Gasteiger partial charge in [-0.1, -0.05) is 78.6 Å². The van der Waals surface area contributed by atoms with Crippen LogP contribution in [0.5, 0.6) is 0 Å². The van der Waals surface area contributed by atoms with Crippen LogP contribution >= 0.6 is 0 Å². The minimum absolute atomic E-state index is 1.35. The zero-order valence-corrected chi connectivity index (χ0v) is 11.3. The Morgan fingerprint density at radius 3 is 1.60 bits per heavy atom. The van der Waals surface area contributed by atoms with Gasteiger partial charge in [-0.05, 0) is 18.8 Å². The van der Waals surface area contributed by atoms with Crippen molar-refractivity contribution < 1.29 is 0 Å². The molecule has 0 aromatic rings. The van der Waals surface area contributed by atoms with Crippen LogP contribution in [0.1, 0.15) is 91.4 Å². The van der Waals surface area contributed by atoms with Crippen LogP contribution in [0.15, 0.2) is 0 Å². The molecule has 0 unspecified atom stereocenters. The molecule has 0 spiro atoms. The summed E-state index contributed by atoms with van der Waals surface area (Å²) in [5.74, 6) is 1.74. The van der Waals surface area contributed by atoms with E-state index < -0.39 is 0 Å². The highest BCUT2D eigenvalue weighted by Crippen LogP contribution is 2.19. The zero-order chi connectivity index (χ0) is 11.4. The van der Waals surface area contributed by atoms with E-state index in [9.17, 15) is 0 Å². The fourth-order valence-electron chi connectivity index (χ4n) is 2.01. The molecule has 0 saturated carbocycles. The summed E-state index contributed by atoms with van der Waals surface area (Å²) in [7, 11) is 0. The number of hydrogen-bond acceptors (Lipinski definition) is 0. The predicted molar refractivity (Wildman–Crippen MR) is 71.1 cm³/mol. The van der Waals surface area contributed by atoms with Gasteiger partial charge in [0.1, 0.15) is 0 Å². The van der Waals surface area contributed by atoms with Gasteiger partial charge in [-0.25, -0.2) is 0 Å². The van der Waals surface area contributed by atoms with E-state index in [4.69, 9.17) is 0 Å². The lowest BCUT2D eigenvalue weighted by Crippen LogP contribution is -1.92. The van der Waals surface area contributed by atoms with Crippen molar-refractivity contribution in [2.75, 3.05) is 0 Å². The van der Waals surface area contributed by atoms with Gasteiger partial charge in [0.05, 0.1) is 0 Å². The Balaban J connectivity index is 3.06. The highest BCUT2D eigenvalue weighted by atomic mass is 14.1. The van der Waals surface area contributed by atoms with Crippen LogP contribution < -0.4 is 0 Å². The molecule has 0 aliphatic rings. The van der Waals surface area contributed by atoms with E-state index in [1.165, 1.54) is 70.6 Å². The normalized spacial score (nSPS) is 11.2. The molecule has 0 rings (SSSR count). The molecule has 0 bridgehead atoms. The monoisotopic (exact) mass is 211 g/mol. The van der Waals surface area contributed by atoms with Crippen LogP contribution in [-0.4, -0.2) is 0 Å². The van der Waals surface area contributed by atoms with Crippen LogP contribution in [0.25, 0.3) is 0 Å². The highest BCUT2D eigenvalue weighted by molar-refractivity contribution is 4.82. The second-order valence-corrected chi connectivity index (χ2v) is 4.93. The Kier molecular flexibility index (Phi) is 12.1. The zero-order valence-electron chi connectivity index (χ0n) is 11.3. The Bertz CT molecular complexity index is 107. The molecule has 0 nitrogen and oxygen atoms in total. The Labute approximate surface area is 97.8 Å². The van der Waals surface area contributed by atoms with Gasteiger partial charge >= 0.3 is 0 Å². The molecule has 0 heterocycles. The van der Waals surface area contributed by atoms with Gasteiger partial charge in [0.2, 0.25) is 0 Å². The van der Waals surface area contributed by atoms with Crippen molar-refractivity contribution in [3.05, 3.63) is 5.92 Å². The average molecular weight is 211 g/mol. The van der Waals surface area contributed by atoms with E-state index in [0.29, 0.717) is 0 Å². The first-order valence-electron chi connectivity index (χ1n) is 7.12. The second kappa shape index (κ2) is 12.1. The molecule has 0 heteroatoms. The molecule has 0 aliphatic carbocycles. The second-order valence-electron chi connectivity index (χ2n) is 4.93. The topological polar surface area (TPSA) is 0 Å². The summed E-state index contributed by atoms with van der Waals surface area (Å²) in [5.41, 5.74) is 0. The van der Waals surface area contributed by atoms with Gasteiger partial charge in [-0.15, -0.1) is 0 Å². The Hall–Kier alpha value is 0. The fraction of sp³-hybridized carbons (Fsp3) is 0.933. The molecule has 0 aromatic carbocycles. The van der Waals surface area contributed by atoms with Crippen molar-refractivity contribution in [3.8, 4) is 0 Å². The molecule has 0 atom stereocenters. The standard InChI is InChI=1S/C15H31/c1-4-6-8-9-10-12-14-15(3)13-11-7-5-2/h4-14H2,1-3H3. The molecule has 91 valence electrons. The van der Waals surface area contributed by atoms with Crippen LogP contribution in [0.4, 0.5) is 0 Å². The van der Waals surface area contributed by atoms with Crippen molar-refractivity contribution in [2.24, 2.45) is 0 Å². The van der Waals surface area contributed by atoms with Crippen LogP contribution in [-0.2, 0) is 0 Å². The molecule has 0 fully saturated rings. The Morgan fingerprint density at radius 2 is 1.00 bits per heavy atom. The quantitative estimate of drug-likeness (QED) is 0.373. The van der Waals surface area contributed by atoms with E-state index in [0.717, 1.165) is 0 Å². The predicted octanol–water partition coefficient (Wildman–Crippen LogP) is 5.91. The third kappa shape index (κ3) is 11.9. The number of hydrogen-bond donors (Lipinski definition) is 0. The first-order valence-corrected chi connectivity index (χ1v) is 7.12. The molecule has 0 amide bonds. The van der Waals surface area contributed by atoms with E-state index >= 15 is 0 Å². The maximum atomic E-state index is 2.35. The summed E-state index contributed by atoms with van der Waals surface area (Å²) in [6.45, 7) is 6.91. The fourth-order valence-corrected chi connectivity index (χ4v) is 2.01.